The first kappa shape index (κ1) is 11.7. The number of carbonyl (C=O) groups excluding carboxylic acids is 1. The van der Waals surface area contributed by atoms with Gasteiger partial charge in [0.2, 0.25) is 0 Å². The van der Waals surface area contributed by atoms with E-state index in [4.69, 9.17) is 0 Å². The second-order valence-electron chi connectivity index (χ2n) is 5.77. The average molecular weight is 263 g/mol. The summed E-state index contributed by atoms with van der Waals surface area (Å²) < 4.78 is 0. The second kappa shape index (κ2) is 4.48. The Morgan fingerprint density at radius 3 is 2.80 bits per heavy atom. The van der Waals surface area contributed by atoms with E-state index in [-0.39, 0.29) is 5.92 Å². The molecule has 1 heterocycles. The van der Waals surface area contributed by atoms with Gasteiger partial charge >= 0.3 is 0 Å². The summed E-state index contributed by atoms with van der Waals surface area (Å²) in [6, 6.07) is 16.5. The van der Waals surface area contributed by atoms with E-state index in [0.29, 0.717) is 11.7 Å². The molecule has 1 aliphatic heterocycles. The Morgan fingerprint density at radius 2 is 1.95 bits per heavy atom. The van der Waals surface area contributed by atoms with Gasteiger partial charge in [0.05, 0.1) is 0 Å². The maximum Gasteiger partial charge on any atom is 0.166 e. The molecule has 20 heavy (non-hydrogen) atoms. The Balaban J connectivity index is 1.55. The molecule has 100 valence electrons. The second-order valence-corrected chi connectivity index (χ2v) is 5.77. The minimum absolute atomic E-state index is 0.185. The molecular weight excluding hydrogens is 246 g/mol. The maximum atomic E-state index is 12.6. The molecule has 2 unspecified atom stereocenters. The molecule has 0 spiro atoms. The minimum atomic E-state index is 0.185. The molecule has 1 N–H and O–H groups in total. The van der Waals surface area contributed by atoms with Crippen LogP contribution in [0.3, 0.4) is 0 Å². The highest BCUT2D eigenvalue weighted by molar-refractivity contribution is 6.01. The van der Waals surface area contributed by atoms with Crippen LogP contribution in [0.5, 0.6) is 0 Å². The van der Waals surface area contributed by atoms with Gasteiger partial charge in [-0.25, -0.2) is 0 Å². The number of Topliss-reactive ketones (excluding diaryl/α,β-unsaturated/α-hetero) is 1. The van der Waals surface area contributed by atoms with E-state index >= 15 is 0 Å². The van der Waals surface area contributed by atoms with Crippen molar-refractivity contribution in [3.63, 3.8) is 0 Å². The third kappa shape index (κ3) is 1.92. The molecular formula is C18H17NO. The van der Waals surface area contributed by atoms with Crippen LogP contribution in [-0.4, -0.2) is 12.3 Å². The number of hydrogen-bond acceptors (Lipinski definition) is 2. The van der Waals surface area contributed by atoms with Crippen molar-refractivity contribution in [2.75, 3.05) is 11.9 Å². The predicted octanol–water partition coefficient (Wildman–Crippen LogP) is 3.64. The van der Waals surface area contributed by atoms with Crippen LogP contribution in [-0.2, 0) is 6.42 Å². The van der Waals surface area contributed by atoms with Gasteiger partial charge in [0, 0.05) is 23.7 Å². The van der Waals surface area contributed by atoms with Gasteiger partial charge in [-0.1, -0.05) is 30.3 Å². The lowest BCUT2D eigenvalue weighted by atomic mass is 10.0. The Bertz CT molecular complexity index is 662. The van der Waals surface area contributed by atoms with Gasteiger partial charge in [0.15, 0.2) is 5.78 Å². The van der Waals surface area contributed by atoms with Gasteiger partial charge in [-0.15, -0.1) is 0 Å². The zero-order valence-corrected chi connectivity index (χ0v) is 11.3. The number of carbonyl (C=O) groups is 1. The highest BCUT2D eigenvalue weighted by Gasteiger charge is 2.43. The van der Waals surface area contributed by atoms with Crippen LogP contribution in [0.15, 0.2) is 48.5 Å². The third-order valence-corrected chi connectivity index (χ3v) is 4.45. The zero-order chi connectivity index (χ0) is 13.5. The van der Waals surface area contributed by atoms with Crippen molar-refractivity contribution in [1.82, 2.24) is 0 Å². The quantitative estimate of drug-likeness (QED) is 0.857. The lowest BCUT2D eigenvalue weighted by molar-refractivity contribution is 0.0965. The van der Waals surface area contributed by atoms with E-state index in [0.717, 1.165) is 24.9 Å². The molecule has 0 bridgehead atoms. The molecule has 0 aromatic heterocycles. The molecule has 1 saturated carbocycles. The number of hydrogen-bond donors (Lipinski definition) is 1. The average Bonchev–Trinajstić information content (AvgIpc) is 3.17. The van der Waals surface area contributed by atoms with Crippen LogP contribution in [0.4, 0.5) is 5.69 Å². The fraction of sp³-hybridized carbons (Fsp3) is 0.278. The van der Waals surface area contributed by atoms with Crippen molar-refractivity contribution < 1.29 is 4.79 Å². The zero-order valence-electron chi connectivity index (χ0n) is 11.3. The topological polar surface area (TPSA) is 29.1 Å². The largest absolute Gasteiger partial charge is 0.384 e. The lowest BCUT2D eigenvalue weighted by Crippen LogP contribution is -2.03. The van der Waals surface area contributed by atoms with Crippen LogP contribution in [0.1, 0.15) is 33.8 Å². The summed E-state index contributed by atoms with van der Waals surface area (Å²) in [6.07, 6.45) is 2.03. The highest BCUT2D eigenvalue weighted by Crippen LogP contribution is 2.49. The summed E-state index contributed by atoms with van der Waals surface area (Å²) in [5.41, 5.74) is 4.66. The molecule has 2 nitrogen and oxygen atoms in total. The van der Waals surface area contributed by atoms with Crippen LogP contribution in [0, 0.1) is 5.92 Å². The third-order valence-electron chi connectivity index (χ3n) is 4.45. The molecule has 0 amide bonds. The number of ketones is 1. The smallest absolute Gasteiger partial charge is 0.166 e. The van der Waals surface area contributed by atoms with Crippen LogP contribution < -0.4 is 5.32 Å². The number of rotatable bonds is 3. The van der Waals surface area contributed by atoms with Crippen molar-refractivity contribution in [1.29, 1.82) is 0 Å². The van der Waals surface area contributed by atoms with E-state index < -0.39 is 0 Å². The fourth-order valence-electron chi connectivity index (χ4n) is 3.23. The molecule has 0 radical (unpaired) electrons. The van der Waals surface area contributed by atoms with Crippen LogP contribution in [0.25, 0.3) is 0 Å². The first-order valence-corrected chi connectivity index (χ1v) is 7.29. The molecule has 1 aliphatic carbocycles. The summed E-state index contributed by atoms with van der Waals surface area (Å²) in [7, 11) is 0. The molecule has 2 aromatic carbocycles. The van der Waals surface area contributed by atoms with E-state index in [9.17, 15) is 4.79 Å². The number of benzene rings is 2. The summed E-state index contributed by atoms with van der Waals surface area (Å²) in [5, 5.41) is 3.33. The van der Waals surface area contributed by atoms with E-state index in [2.05, 4.69) is 41.7 Å². The van der Waals surface area contributed by atoms with Gasteiger partial charge in [-0.05, 0) is 48.1 Å². The number of nitrogens with one attached hydrogen (secondary N) is 1. The Labute approximate surface area is 118 Å². The van der Waals surface area contributed by atoms with E-state index in [1.807, 2.05) is 12.1 Å². The minimum Gasteiger partial charge on any atom is -0.384 e. The summed E-state index contributed by atoms with van der Waals surface area (Å²) >= 11 is 0. The predicted molar refractivity (Wildman–Crippen MR) is 80.3 cm³/mol. The Morgan fingerprint density at radius 1 is 1.10 bits per heavy atom. The Kier molecular flexibility index (Phi) is 2.62. The van der Waals surface area contributed by atoms with Crippen molar-refractivity contribution in [3.05, 3.63) is 65.2 Å². The standard InChI is InChI=1S/C18H17NO/c20-18(14-6-7-17-13(10-14)8-9-19-17)16-11-15(16)12-4-2-1-3-5-12/h1-7,10,15-16,19H,8-9,11H2. The molecule has 2 heteroatoms. The molecule has 1 fully saturated rings. The monoisotopic (exact) mass is 263 g/mol. The maximum absolute atomic E-state index is 12.6. The summed E-state index contributed by atoms with van der Waals surface area (Å²) in [5.74, 6) is 0.924. The Hall–Kier alpha value is -2.09. The van der Waals surface area contributed by atoms with Gasteiger partial charge in [-0.2, -0.15) is 0 Å². The molecule has 2 aliphatic rings. The van der Waals surface area contributed by atoms with E-state index in [1.165, 1.54) is 16.8 Å². The first-order chi connectivity index (χ1) is 9.83. The molecule has 2 atom stereocenters. The van der Waals surface area contributed by atoms with Crippen LogP contribution in [0.2, 0.25) is 0 Å². The van der Waals surface area contributed by atoms with E-state index in [1.54, 1.807) is 0 Å². The molecule has 4 rings (SSSR count). The molecule has 2 aromatic rings. The van der Waals surface area contributed by atoms with Gasteiger partial charge in [0.25, 0.3) is 0 Å². The normalized spacial score (nSPS) is 23.0. The SMILES string of the molecule is O=C(c1ccc2c(c1)CCN2)C1CC1c1ccccc1. The summed E-state index contributed by atoms with van der Waals surface area (Å²) in [6.45, 7) is 0.989. The summed E-state index contributed by atoms with van der Waals surface area (Å²) in [4.78, 5) is 12.6. The van der Waals surface area contributed by atoms with Crippen molar-refractivity contribution >= 4 is 11.5 Å². The van der Waals surface area contributed by atoms with Crippen molar-refractivity contribution in [3.8, 4) is 0 Å². The number of anilines is 1. The lowest BCUT2D eigenvalue weighted by Gasteiger charge is -2.04. The number of fused-ring (bicyclic) bond motifs is 1. The van der Waals surface area contributed by atoms with Gasteiger partial charge < -0.3 is 5.32 Å². The van der Waals surface area contributed by atoms with Crippen molar-refractivity contribution in [2.45, 2.75) is 18.8 Å². The van der Waals surface area contributed by atoms with Gasteiger partial charge in [-0.3, -0.25) is 4.79 Å². The molecule has 0 saturated heterocycles. The highest BCUT2D eigenvalue weighted by atomic mass is 16.1. The fourth-order valence-corrected chi connectivity index (χ4v) is 3.23. The van der Waals surface area contributed by atoms with Crippen molar-refractivity contribution in [2.24, 2.45) is 5.92 Å². The van der Waals surface area contributed by atoms with Crippen LogP contribution >= 0.6 is 0 Å². The van der Waals surface area contributed by atoms with Gasteiger partial charge in [0.1, 0.15) is 0 Å². The first-order valence-electron chi connectivity index (χ1n) is 7.29.